The number of halogens is 1. The van der Waals surface area contributed by atoms with Gasteiger partial charge in [-0.2, -0.15) is 0 Å². The highest BCUT2D eigenvalue weighted by molar-refractivity contribution is 6.32. The summed E-state index contributed by atoms with van der Waals surface area (Å²) in [4.78, 5) is 34.8. The summed E-state index contributed by atoms with van der Waals surface area (Å²) in [6.45, 7) is 4.85. The number of hydrogen-bond donors (Lipinski definition) is 1. The molecule has 0 aliphatic carbocycles. The standard InChI is InChI=1S/C18H26ClN5O2/c1-22-9-11-23(12-10-22)16(25)13-14-4-7-24(8-5-14)18(26)21-15-3-2-6-20-17(15)19/h2-3,6,14H,4-5,7-13H2,1H3,(H,21,26). The summed E-state index contributed by atoms with van der Waals surface area (Å²) < 4.78 is 0. The van der Waals surface area contributed by atoms with E-state index in [9.17, 15) is 9.59 Å². The van der Waals surface area contributed by atoms with Crippen molar-refractivity contribution in [1.29, 1.82) is 0 Å². The predicted octanol–water partition coefficient (Wildman–Crippen LogP) is 2.14. The third-order valence-electron chi connectivity index (χ3n) is 5.22. The van der Waals surface area contributed by atoms with Crippen LogP contribution >= 0.6 is 11.6 Å². The summed E-state index contributed by atoms with van der Waals surface area (Å²) in [7, 11) is 2.08. The Labute approximate surface area is 159 Å². The van der Waals surface area contributed by atoms with Gasteiger partial charge in [0.1, 0.15) is 0 Å². The number of urea groups is 1. The summed E-state index contributed by atoms with van der Waals surface area (Å²) in [6, 6.07) is 3.30. The van der Waals surface area contributed by atoms with Crippen LogP contribution in [0.5, 0.6) is 0 Å². The second kappa shape index (κ2) is 8.68. The fourth-order valence-electron chi connectivity index (χ4n) is 3.45. The van der Waals surface area contributed by atoms with Crippen LogP contribution in [0.3, 0.4) is 0 Å². The van der Waals surface area contributed by atoms with E-state index in [0.29, 0.717) is 31.1 Å². The van der Waals surface area contributed by atoms with Crippen molar-refractivity contribution in [2.45, 2.75) is 19.3 Å². The number of piperazine rings is 1. The number of nitrogens with zero attached hydrogens (tertiary/aromatic N) is 4. The van der Waals surface area contributed by atoms with Crippen molar-refractivity contribution in [3.05, 3.63) is 23.5 Å². The van der Waals surface area contributed by atoms with Crippen LogP contribution in [0.25, 0.3) is 0 Å². The summed E-state index contributed by atoms with van der Waals surface area (Å²) in [5.74, 6) is 0.608. The van der Waals surface area contributed by atoms with Crippen LogP contribution in [0, 0.1) is 5.92 Å². The zero-order valence-electron chi connectivity index (χ0n) is 15.2. The average molecular weight is 380 g/mol. The number of hydrogen-bond acceptors (Lipinski definition) is 4. The molecule has 8 heteroatoms. The number of likely N-dealkylation sites (N-methyl/N-ethyl adjacent to an activating group) is 1. The van der Waals surface area contributed by atoms with E-state index in [-0.39, 0.29) is 17.1 Å². The summed E-state index contributed by atoms with van der Waals surface area (Å²) in [5, 5.41) is 3.09. The molecule has 0 atom stereocenters. The number of pyridine rings is 1. The van der Waals surface area contributed by atoms with Crippen molar-refractivity contribution in [1.82, 2.24) is 19.7 Å². The lowest BCUT2D eigenvalue weighted by atomic mass is 9.93. The van der Waals surface area contributed by atoms with Gasteiger partial charge in [0.05, 0.1) is 5.69 Å². The first-order valence-electron chi connectivity index (χ1n) is 9.15. The number of aromatic nitrogens is 1. The molecule has 0 saturated carbocycles. The van der Waals surface area contributed by atoms with E-state index in [1.54, 1.807) is 23.2 Å². The molecular weight excluding hydrogens is 354 g/mol. The van der Waals surface area contributed by atoms with E-state index in [2.05, 4.69) is 22.2 Å². The average Bonchev–Trinajstić information content (AvgIpc) is 2.64. The normalized spacial score (nSPS) is 19.5. The lowest BCUT2D eigenvalue weighted by Gasteiger charge is -2.35. The van der Waals surface area contributed by atoms with E-state index in [0.717, 1.165) is 39.0 Å². The van der Waals surface area contributed by atoms with Gasteiger partial charge in [-0.1, -0.05) is 11.6 Å². The van der Waals surface area contributed by atoms with Gasteiger partial charge in [-0.3, -0.25) is 4.79 Å². The van der Waals surface area contributed by atoms with Crippen LogP contribution in [-0.4, -0.2) is 77.9 Å². The molecule has 2 aliphatic rings. The van der Waals surface area contributed by atoms with E-state index >= 15 is 0 Å². The molecule has 3 heterocycles. The Hall–Kier alpha value is -1.86. The minimum atomic E-state index is -0.163. The van der Waals surface area contributed by atoms with Crippen molar-refractivity contribution in [2.75, 3.05) is 51.6 Å². The zero-order valence-corrected chi connectivity index (χ0v) is 15.9. The van der Waals surface area contributed by atoms with E-state index in [1.165, 1.54) is 0 Å². The van der Waals surface area contributed by atoms with Crippen molar-refractivity contribution in [3.63, 3.8) is 0 Å². The van der Waals surface area contributed by atoms with Gasteiger partial charge in [-0.15, -0.1) is 0 Å². The van der Waals surface area contributed by atoms with Crippen LogP contribution in [0.1, 0.15) is 19.3 Å². The zero-order chi connectivity index (χ0) is 18.5. The highest BCUT2D eigenvalue weighted by atomic mass is 35.5. The van der Waals surface area contributed by atoms with Gasteiger partial charge in [-0.05, 0) is 37.9 Å². The molecule has 0 bridgehead atoms. The van der Waals surface area contributed by atoms with Gasteiger partial charge in [0.15, 0.2) is 5.15 Å². The van der Waals surface area contributed by atoms with E-state index in [1.807, 2.05) is 4.90 Å². The third-order valence-corrected chi connectivity index (χ3v) is 5.52. The van der Waals surface area contributed by atoms with Gasteiger partial charge < -0.3 is 20.0 Å². The Balaban J connectivity index is 1.43. The largest absolute Gasteiger partial charge is 0.340 e. The molecular formula is C18H26ClN5O2. The SMILES string of the molecule is CN1CCN(C(=O)CC2CCN(C(=O)Nc3cccnc3Cl)CC2)CC1. The van der Waals surface area contributed by atoms with Gasteiger partial charge in [0.25, 0.3) is 0 Å². The van der Waals surface area contributed by atoms with E-state index < -0.39 is 0 Å². The van der Waals surface area contributed by atoms with Crippen LogP contribution < -0.4 is 5.32 Å². The number of carbonyl (C=O) groups is 2. The van der Waals surface area contributed by atoms with Crippen LogP contribution in [0.15, 0.2) is 18.3 Å². The first-order valence-corrected chi connectivity index (χ1v) is 9.53. The summed E-state index contributed by atoms with van der Waals surface area (Å²) in [5.41, 5.74) is 0.520. The third kappa shape index (κ3) is 4.86. The molecule has 0 unspecified atom stereocenters. The monoisotopic (exact) mass is 379 g/mol. The highest BCUT2D eigenvalue weighted by Gasteiger charge is 2.27. The topological polar surface area (TPSA) is 68.8 Å². The molecule has 2 saturated heterocycles. The van der Waals surface area contributed by atoms with Crippen molar-refractivity contribution in [3.8, 4) is 0 Å². The van der Waals surface area contributed by atoms with Crippen molar-refractivity contribution < 1.29 is 9.59 Å². The maximum Gasteiger partial charge on any atom is 0.321 e. The van der Waals surface area contributed by atoms with Crippen molar-refractivity contribution >= 4 is 29.2 Å². The minimum Gasteiger partial charge on any atom is -0.340 e. The molecule has 7 nitrogen and oxygen atoms in total. The van der Waals surface area contributed by atoms with Gasteiger partial charge in [-0.25, -0.2) is 9.78 Å². The number of piperidine rings is 1. The van der Waals surface area contributed by atoms with Gasteiger partial charge in [0, 0.05) is 51.9 Å². The Morgan fingerprint density at radius 3 is 2.50 bits per heavy atom. The maximum absolute atomic E-state index is 12.5. The van der Waals surface area contributed by atoms with Crippen LogP contribution in [0.4, 0.5) is 10.5 Å². The number of anilines is 1. The fraction of sp³-hybridized carbons (Fsp3) is 0.611. The summed E-state index contributed by atoms with van der Waals surface area (Å²) in [6.07, 6.45) is 3.88. The number of amides is 3. The van der Waals surface area contributed by atoms with Crippen LogP contribution in [0.2, 0.25) is 5.15 Å². The smallest absolute Gasteiger partial charge is 0.321 e. The molecule has 3 rings (SSSR count). The lowest BCUT2D eigenvalue weighted by molar-refractivity contribution is -0.134. The van der Waals surface area contributed by atoms with E-state index in [4.69, 9.17) is 11.6 Å². The molecule has 0 aromatic carbocycles. The van der Waals surface area contributed by atoms with Crippen LogP contribution in [-0.2, 0) is 4.79 Å². The number of likely N-dealkylation sites (tertiary alicyclic amines) is 1. The molecule has 26 heavy (non-hydrogen) atoms. The highest BCUT2D eigenvalue weighted by Crippen LogP contribution is 2.23. The molecule has 3 amide bonds. The Morgan fingerprint density at radius 1 is 1.15 bits per heavy atom. The first kappa shape index (κ1) is 18.9. The molecule has 0 radical (unpaired) electrons. The Bertz CT molecular complexity index is 640. The minimum absolute atomic E-state index is 0.163. The van der Waals surface area contributed by atoms with Crippen molar-refractivity contribution in [2.24, 2.45) is 5.92 Å². The Kier molecular flexibility index (Phi) is 6.32. The predicted molar refractivity (Wildman–Crippen MR) is 101 cm³/mol. The van der Waals surface area contributed by atoms with Gasteiger partial charge >= 0.3 is 6.03 Å². The molecule has 1 aromatic heterocycles. The number of carbonyl (C=O) groups excluding carboxylic acids is 2. The fourth-order valence-corrected chi connectivity index (χ4v) is 3.61. The van der Waals surface area contributed by atoms with Gasteiger partial charge in [0.2, 0.25) is 5.91 Å². The molecule has 2 fully saturated rings. The first-order chi connectivity index (χ1) is 12.5. The second-order valence-corrected chi connectivity index (χ2v) is 7.45. The number of nitrogens with one attached hydrogen (secondary N) is 1. The second-order valence-electron chi connectivity index (χ2n) is 7.09. The molecule has 1 aromatic rings. The quantitative estimate of drug-likeness (QED) is 0.817. The number of rotatable bonds is 3. The summed E-state index contributed by atoms with van der Waals surface area (Å²) >= 11 is 5.98. The molecule has 0 spiro atoms. The maximum atomic E-state index is 12.5. The Morgan fingerprint density at radius 2 is 1.85 bits per heavy atom. The lowest BCUT2D eigenvalue weighted by Crippen LogP contribution is -2.48. The molecule has 142 valence electrons. The molecule has 1 N–H and O–H groups in total. The molecule has 2 aliphatic heterocycles.